The second kappa shape index (κ2) is 8.72. The van der Waals surface area contributed by atoms with Gasteiger partial charge in [-0.25, -0.2) is 4.79 Å². The number of rotatable bonds is 4. The summed E-state index contributed by atoms with van der Waals surface area (Å²) < 4.78 is 0. The molecule has 3 heterocycles. The third-order valence-corrected chi connectivity index (χ3v) is 6.19. The maximum atomic E-state index is 12.8. The Morgan fingerprint density at radius 1 is 1.00 bits per heavy atom. The summed E-state index contributed by atoms with van der Waals surface area (Å²) in [6.07, 6.45) is 1.03. The van der Waals surface area contributed by atoms with Gasteiger partial charge in [-0.15, -0.1) is 11.3 Å². The van der Waals surface area contributed by atoms with Gasteiger partial charge in [0.05, 0.1) is 9.88 Å². The van der Waals surface area contributed by atoms with Crippen molar-refractivity contribution in [1.82, 2.24) is 15.1 Å². The summed E-state index contributed by atoms with van der Waals surface area (Å²) in [4.78, 5) is 30.0. The Bertz CT molecular complexity index is 819. The van der Waals surface area contributed by atoms with E-state index in [2.05, 4.69) is 20.9 Å². The third-order valence-electron chi connectivity index (χ3n) is 5.20. The highest BCUT2D eigenvalue weighted by Gasteiger charge is 2.31. The summed E-state index contributed by atoms with van der Waals surface area (Å²) in [5.74, 6) is 0.0548. The van der Waals surface area contributed by atoms with Crippen molar-refractivity contribution in [2.45, 2.75) is 12.5 Å². The minimum Gasteiger partial charge on any atom is -0.336 e. The van der Waals surface area contributed by atoms with Crippen molar-refractivity contribution in [3.63, 3.8) is 0 Å². The molecule has 1 aromatic heterocycles. The average molecular weight is 400 g/mol. The highest BCUT2D eigenvalue weighted by molar-refractivity contribution is 7.18. The number of anilines is 2. The molecule has 2 aliphatic heterocycles. The monoisotopic (exact) mass is 399 g/mol. The van der Waals surface area contributed by atoms with Crippen LogP contribution < -0.4 is 16.0 Å². The maximum absolute atomic E-state index is 12.8. The van der Waals surface area contributed by atoms with Gasteiger partial charge < -0.3 is 15.5 Å². The average Bonchev–Trinajstić information content (AvgIpc) is 3.39. The number of likely N-dealkylation sites (tertiary alicyclic amines) is 1. The van der Waals surface area contributed by atoms with Crippen molar-refractivity contribution in [3.8, 4) is 0 Å². The van der Waals surface area contributed by atoms with Gasteiger partial charge in [0, 0.05) is 51.0 Å². The Balaban J connectivity index is 1.31. The second-order valence-electron chi connectivity index (χ2n) is 7.09. The highest BCUT2D eigenvalue weighted by atomic mass is 32.1. The minimum atomic E-state index is -0.313. The van der Waals surface area contributed by atoms with E-state index in [0.717, 1.165) is 51.4 Å². The topological polar surface area (TPSA) is 76.7 Å². The highest BCUT2D eigenvalue weighted by Crippen LogP contribution is 2.26. The van der Waals surface area contributed by atoms with Gasteiger partial charge in [0.1, 0.15) is 0 Å². The number of benzene rings is 1. The van der Waals surface area contributed by atoms with Gasteiger partial charge in [-0.2, -0.15) is 0 Å². The molecule has 2 saturated heterocycles. The molecule has 1 unspecified atom stereocenters. The molecule has 0 saturated carbocycles. The minimum absolute atomic E-state index is 0.0548. The molecule has 0 aliphatic carbocycles. The number of carbonyl (C=O) groups is 2. The molecule has 1 atom stereocenters. The zero-order valence-corrected chi connectivity index (χ0v) is 16.5. The lowest BCUT2D eigenvalue weighted by Crippen LogP contribution is -2.49. The van der Waals surface area contributed by atoms with Crippen LogP contribution >= 0.6 is 11.3 Å². The fourth-order valence-corrected chi connectivity index (χ4v) is 4.61. The molecule has 2 aromatic rings. The summed E-state index contributed by atoms with van der Waals surface area (Å²) in [6, 6.07) is 13.0. The van der Waals surface area contributed by atoms with Crippen molar-refractivity contribution in [2.75, 3.05) is 49.9 Å². The second-order valence-corrected chi connectivity index (χ2v) is 8.17. The number of amides is 3. The summed E-state index contributed by atoms with van der Waals surface area (Å²) in [5.41, 5.74) is 0.726. The van der Waals surface area contributed by atoms with E-state index < -0.39 is 0 Å². The lowest BCUT2D eigenvalue weighted by Gasteiger charge is -2.32. The van der Waals surface area contributed by atoms with Crippen molar-refractivity contribution in [3.05, 3.63) is 47.3 Å². The van der Waals surface area contributed by atoms with Crippen molar-refractivity contribution >= 4 is 34.0 Å². The van der Waals surface area contributed by atoms with E-state index in [1.807, 2.05) is 35.2 Å². The van der Waals surface area contributed by atoms with Gasteiger partial charge in [-0.05, 0) is 30.7 Å². The largest absolute Gasteiger partial charge is 0.336 e. The van der Waals surface area contributed by atoms with Crippen LogP contribution in [0.5, 0.6) is 0 Å². The van der Waals surface area contributed by atoms with E-state index in [0.29, 0.717) is 15.9 Å². The number of thiophene rings is 1. The Morgan fingerprint density at radius 2 is 1.79 bits per heavy atom. The van der Waals surface area contributed by atoms with E-state index in [4.69, 9.17) is 0 Å². The van der Waals surface area contributed by atoms with Crippen LogP contribution in [0.25, 0.3) is 0 Å². The molecule has 0 radical (unpaired) electrons. The first-order valence-corrected chi connectivity index (χ1v) is 10.5. The Labute approximate surface area is 168 Å². The molecule has 3 N–H and O–H groups in total. The standard InChI is InChI=1S/C20H25N5O2S/c26-19(25-11-8-16(14-25)24-12-9-21-10-13-24)17-6-7-18(28-17)23-20(27)22-15-4-2-1-3-5-15/h1-7,16,21H,8-14H2,(H2,22,23,27). The molecule has 1 aromatic carbocycles. The summed E-state index contributed by atoms with van der Waals surface area (Å²) in [5, 5.41) is 9.61. The van der Waals surface area contributed by atoms with Gasteiger partial charge in [-0.3, -0.25) is 15.0 Å². The third kappa shape index (κ3) is 4.52. The van der Waals surface area contributed by atoms with Crippen LogP contribution in [0.15, 0.2) is 42.5 Å². The quantitative estimate of drug-likeness (QED) is 0.738. The normalized spacial score (nSPS) is 20.1. The van der Waals surface area contributed by atoms with Crippen LogP contribution in [0.4, 0.5) is 15.5 Å². The van der Waals surface area contributed by atoms with Gasteiger partial charge in [0.15, 0.2) is 0 Å². The van der Waals surface area contributed by atoms with Gasteiger partial charge in [-0.1, -0.05) is 18.2 Å². The molecular formula is C20H25N5O2S. The molecule has 7 nitrogen and oxygen atoms in total. The first-order chi connectivity index (χ1) is 13.7. The van der Waals surface area contributed by atoms with E-state index in [9.17, 15) is 9.59 Å². The van der Waals surface area contributed by atoms with E-state index in [1.54, 1.807) is 12.1 Å². The molecule has 2 aliphatic rings. The summed E-state index contributed by atoms with van der Waals surface area (Å²) in [6.45, 7) is 5.73. The van der Waals surface area contributed by atoms with Crippen LogP contribution in [-0.2, 0) is 0 Å². The van der Waals surface area contributed by atoms with E-state index in [1.165, 1.54) is 11.3 Å². The zero-order valence-electron chi connectivity index (χ0n) is 15.7. The fraction of sp³-hybridized carbons (Fsp3) is 0.400. The number of carbonyl (C=O) groups excluding carboxylic acids is 2. The van der Waals surface area contributed by atoms with Gasteiger partial charge in [0.2, 0.25) is 0 Å². The van der Waals surface area contributed by atoms with Crippen LogP contribution in [0.3, 0.4) is 0 Å². The van der Waals surface area contributed by atoms with E-state index in [-0.39, 0.29) is 11.9 Å². The SMILES string of the molecule is O=C(Nc1ccccc1)Nc1ccc(C(=O)N2CCC(N3CCNCC3)C2)s1. The molecule has 8 heteroatoms. The molecule has 3 amide bonds. The lowest BCUT2D eigenvalue weighted by atomic mass is 10.2. The molecule has 0 bridgehead atoms. The molecule has 4 rings (SSSR count). The number of urea groups is 1. The Hall–Kier alpha value is -2.42. The molecule has 0 spiro atoms. The molecule has 2 fully saturated rings. The predicted octanol–water partition coefficient (Wildman–Crippen LogP) is 2.51. The molecule has 28 heavy (non-hydrogen) atoms. The van der Waals surface area contributed by atoms with Crippen LogP contribution in [0.2, 0.25) is 0 Å². The van der Waals surface area contributed by atoms with Gasteiger partial charge in [0.25, 0.3) is 5.91 Å². The predicted molar refractivity (Wildman–Crippen MR) is 112 cm³/mol. The first kappa shape index (κ1) is 18.9. The van der Waals surface area contributed by atoms with Gasteiger partial charge >= 0.3 is 6.03 Å². The zero-order chi connectivity index (χ0) is 19.3. The Morgan fingerprint density at radius 3 is 2.57 bits per heavy atom. The molecule has 148 valence electrons. The molecular weight excluding hydrogens is 374 g/mol. The van der Waals surface area contributed by atoms with Crippen LogP contribution in [-0.4, -0.2) is 67.0 Å². The summed E-state index contributed by atoms with van der Waals surface area (Å²) >= 11 is 1.32. The number of hydrogen-bond donors (Lipinski definition) is 3. The number of nitrogens with one attached hydrogen (secondary N) is 3. The number of piperazine rings is 1. The number of hydrogen-bond acceptors (Lipinski definition) is 5. The van der Waals surface area contributed by atoms with Crippen molar-refractivity contribution in [1.29, 1.82) is 0 Å². The maximum Gasteiger partial charge on any atom is 0.324 e. The van der Waals surface area contributed by atoms with Crippen LogP contribution in [0.1, 0.15) is 16.1 Å². The Kier molecular flexibility index (Phi) is 5.90. The number of para-hydroxylation sites is 1. The lowest BCUT2D eigenvalue weighted by molar-refractivity contribution is 0.0778. The van der Waals surface area contributed by atoms with Crippen molar-refractivity contribution < 1.29 is 9.59 Å². The van der Waals surface area contributed by atoms with Crippen molar-refractivity contribution in [2.24, 2.45) is 0 Å². The summed E-state index contributed by atoms with van der Waals surface area (Å²) in [7, 11) is 0. The van der Waals surface area contributed by atoms with E-state index >= 15 is 0 Å². The first-order valence-electron chi connectivity index (χ1n) is 9.66. The fourth-order valence-electron chi connectivity index (χ4n) is 3.74. The number of nitrogens with zero attached hydrogens (tertiary/aromatic N) is 2. The van der Waals surface area contributed by atoms with Crippen LogP contribution in [0, 0.1) is 0 Å². The smallest absolute Gasteiger partial charge is 0.324 e.